The first kappa shape index (κ1) is 17.4. The Hall–Kier alpha value is -3.43. The monoisotopic (exact) mass is 354 g/mol. The molecule has 1 aromatic heterocycles. The Bertz CT molecular complexity index is 952. The predicted molar refractivity (Wildman–Crippen MR) is 95.4 cm³/mol. The number of aryl methyl sites for hydroxylation is 1. The number of fused-ring (bicyclic) bond motifs is 3. The molecule has 0 amide bonds. The quantitative estimate of drug-likeness (QED) is 0.649. The minimum Gasteiger partial charge on any atom is -0.492 e. The summed E-state index contributed by atoms with van der Waals surface area (Å²) in [5.74, 6) is -0.169. The zero-order valence-corrected chi connectivity index (χ0v) is 14.0. The number of nitrogens with zero attached hydrogens (tertiary/aromatic N) is 5. The third-order valence-electron chi connectivity index (χ3n) is 4.22. The van der Waals surface area contributed by atoms with E-state index in [4.69, 9.17) is 0 Å². The molecule has 2 aliphatic heterocycles. The summed E-state index contributed by atoms with van der Waals surface area (Å²) in [6.45, 7) is 3.47. The van der Waals surface area contributed by atoms with Gasteiger partial charge in [-0.1, -0.05) is 12.1 Å². The van der Waals surface area contributed by atoms with E-state index in [1.165, 1.54) is 10.0 Å². The highest BCUT2D eigenvalue weighted by Crippen LogP contribution is 2.43. The van der Waals surface area contributed by atoms with E-state index in [0.717, 1.165) is 5.69 Å². The van der Waals surface area contributed by atoms with Crippen LogP contribution in [0.4, 0.5) is 11.4 Å². The van der Waals surface area contributed by atoms with Gasteiger partial charge in [0.25, 0.3) is 5.70 Å². The maximum absolute atomic E-state index is 11.6. The van der Waals surface area contributed by atoms with Gasteiger partial charge in [-0.2, -0.15) is 0 Å². The molecular weight excluding hydrogens is 338 g/mol. The lowest BCUT2D eigenvalue weighted by molar-refractivity contribution is -0.376. The average Bonchev–Trinajstić information content (AvgIpc) is 2.94. The molecule has 1 aromatic carbocycles. The molecule has 2 aromatic rings. The smallest absolute Gasteiger partial charge is 0.283 e. The average molecular weight is 354 g/mol. The molecule has 9 heteroatoms. The fourth-order valence-corrected chi connectivity index (χ4v) is 3.03. The lowest BCUT2D eigenvalue weighted by atomic mass is 9.98. The molecule has 0 saturated heterocycles. The van der Waals surface area contributed by atoms with Crippen molar-refractivity contribution in [2.75, 3.05) is 10.0 Å². The van der Waals surface area contributed by atoms with E-state index in [1.807, 2.05) is 6.92 Å². The van der Waals surface area contributed by atoms with Crippen LogP contribution < -0.4 is 15.6 Å². The molecule has 26 heavy (non-hydrogen) atoms. The van der Waals surface area contributed by atoms with E-state index in [-0.39, 0.29) is 17.1 Å². The number of aliphatic hydroxyl groups excluding tert-OH is 1. The SMILES string of the molecule is CC1=C([N+](=O)[O-])c2ccccc2N2[N]N(c3ccc(C)nc3)C(O)=C12.O. The molecule has 0 bridgehead atoms. The van der Waals surface area contributed by atoms with Crippen molar-refractivity contribution >= 4 is 17.1 Å². The maximum atomic E-state index is 11.6. The summed E-state index contributed by atoms with van der Waals surface area (Å²) in [5, 5.41) is 25.1. The third kappa shape index (κ3) is 2.38. The first-order valence-corrected chi connectivity index (χ1v) is 7.62. The Morgan fingerprint density at radius 1 is 1.12 bits per heavy atom. The highest BCUT2D eigenvalue weighted by atomic mass is 16.6. The van der Waals surface area contributed by atoms with Crippen molar-refractivity contribution < 1.29 is 15.5 Å². The van der Waals surface area contributed by atoms with Crippen molar-refractivity contribution in [1.82, 2.24) is 10.5 Å². The highest BCUT2D eigenvalue weighted by molar-refractivity contribution is 5.85. The Morgan fingerprint density at radius 3 is 2.50 bits per heavy atom. The second-order valence-corrected chi connectivity index (χ2v) is 5.79. The summed E-state index contributed by atoms with van der Waals surface area (Å²) in [5.41, 5.74) is 7.46. The van der Waals surface area contributed by atoms with Crippen LogP contribution in [-0.4, -0.2) is 20.5 Å². The van der Waals surface area contributed by atoms with Crippen LogP contribution in [0.5, 0.6) is 0 Å². The number of benzene rings is 1. The molecule has 3 N–H and O–H groups in total. The molecule has 0 unspecified atom stereocenters. The normalized spacial score (nSPS) is 15.6. The first-order chi connectivity index (χ1) is 12.0. The number of hydrogen-bond acceptors (Lipinski definition) is 6. The maximum Gasteiger partial charge on any atom is 0.283 e. The summed E-state index contributed by atoms with van der Waals surface area (Å²) in [6, 6.07) is 10.5. The lowest BCUT2D eigenvalue weighted by Gasteiger charge is -2.26. The van der Waals surface area contributed by atoms with Crippen LogP contribution in [0.2, 0.25) is 0 Å². The van der Waals surface area contributed by atoms with Gasteiger partial charge in [-0.3, -0.25) is 15.1 Å². The summed E-state index contributed by atoms with van der Waals surface area (Å²) < 4.78 is 0. The third-order valence-corrected chi connectivity index (χ3v) is 4.22. The van der Waals surface area contributed by atoms with Gasteiger partial charge in [0.05, 0.1) is 33.6 Å². The molecule has 0 aliphatic carbocycles. The van der Waals surface area contributed by atoms with Gasteiger partial charge in [0.15, 0.2) is 0 Å². The topological polar surface area (TPSA) is 128 Å². The molecule has 0 spiro atoms. The van der Waals surface area contributed by atoms with Gasteiger partial charge in [0, 0.05) is 5.69 Å². The first-order valence-electron chi connectivity index (χ1n) is 7.62. The Morgan fingerprint density at radius 2 is 1.85 bits per heavy atom. The standard InChI is InChI=1S/C17H14N5O3.H2O/c1-10-7-8-12(9-18-10)20-17(23)16-11(2)15(22(24)25)13-5-3-4-6-14(13)21(16)19-20;/h3-9,23H,1-2H3;1H2. The van der Waals surface area contributed by atoms with Gasteiger partial charge in [0.1, 0.15) is 5.70 Å². The largest absolute Gasteiger partial charge is 0.492 e. The Kier molecular flexibility index (Phi) is 4.10. The number of rotatable bonds is 2. The predicted octanol–water partition coefficient (Wildman–Crippen LogP) is 2.07. The highest BCUT2D eigenvalue weighted by Gasteiger charge is 2.42. The second kappa shape index (κ2) is 6.14. The number of para-hydroxylation sites is 1. The molecule has 0 fully saturated rings. The van der Waals surface area contributed by atoms with Gasteiger partial charge >= 0.3 is 0 Å². The Balaban J connectivity index is 0.00000196. The molecule has 1 radical (unpaired) electrons. The minimum absolute atomic E-state index is 0. The number of aliphatic hydroxyl groups is 1. The zero-order valence-electron chi connectivity index (χ0n) is 14.0. The number of hydrogen-bond donors (Lipinski definition) is 1. The molecule has 3 heterocycles. The van der Waals surface area contributed by atoms with Gasteiger partial charge in [-0.15, -0.1) is 0 Å². The molecule has 9 nitrogen and oxygen atoms in total. The number of anilines is 2. The fourth-order valence-electron chi connectivity index (χ4n) is 3.03. The molecular formula is C17H16N5O4. The van der Waals surface area contributed by atoms with Crippen LogP contribution in [0.1, 0.15) is 18.2 Å². The van der Waals surface area contributed by atoms with Crippen LogP contribution in [0.15, 0.2) is 59.7 Å². The van der Waals surface area contributed by atoms with E-state index in [9.17, 15) is 15.2 Å². The van der Waals surface area contributed by atoms with E-state index in [0.29, 0.717) is 28.2 Å². The summed E-state index contributed by atoms with van der Waals surface area (Å²) in [4.78, 5) is 15.4. The summed E-state index contributed by atoms with van der Waals surface area (Å²) in [6.07, 6.45) is 1.59. The number of nitro groups is 1. The van der Waals surface area contributed by atoms with Crippen molar-refractivity contribution in [2.45, 2.75) is 13.8 Å². The van der Waals surface area contributed by atoms with Crippen LogP contribution in [0, 0.1) is 17.0 Å². The van der Waals surface area contributed by atoms with Crippen molar-refractivity contribution in [2.24, 2.45) is 0 Å². The van der Waals surface area contributed by atoms with E-state index >= 15 is 0 Å². The van der Waals surface area contributed by atoms with Gasteiger partial charge in [0.2, 0.25) is 5.88 Å². The van der Waals surface area contributed by atoms with E-state index < -0.39 is 4.92 Å². The number of aromatic nitrogens is 1. The van der Waals surface area contributed by atoms with Crippen molar-refractivity contribution in [1.29, 1.82) is 0 Å². The van der Waals surface area contributed by atoms with Crippen molar-refractivity contribution in [3.05, 3.63) is 81.1 Å². The van der Waals surface area contributed by atoms with Crippen LogP contribution in [0.25, 0.3) is 5.70 Å². The molecule has 133 valence electrons. The molecule has 0 atom stereocenters. The van der Waals surface area contributed by atoms with Crippen LogP contribution in [0.3, 0.4) is 0 Å². The van der Waals surface area contributed by atoms with Crippen molar-refractivity contribution in [3.8, 4) is 0 Å². The summed E-state index contributed by atoms with van der Waals surface area (Å²) in [7, 11) is 0. The lowest BCUT2D eigenvalue weighted by Crippen LogP contribution is -2.36. The second-order valence-electron chi connectivity index (χ2n) is 5.79. The summed E-state index contributed by atoms with van der Waals surface area (Å²) >= 11 is 0. The Labute approximate surface area is 148 Å². The molecule has 4 rings (SSSR count). The van der Waals surface area contributed by atoms with Gasteiger partial charge in [-0.25, -0.2) is 10.0 Å². The van der Waals surface area contributed by atoms with Crippen molar-refractivity contribution in [3.63, 3.8) is 0 Å². The van der Waals surface area contributed by atoms with E-state index in [1.54, 1.807) is 49.5 Å². The molecule has 0 saturated carbocycles. The van der Waals surface area contributed by atoms with Crippen LogP contribution in [-0.2, 0) is 0 Å². The van der Waals surface area contributed by atoms with Crippen LogP contribution >= 0.6 is 0 Å². The zero-order chi connectivity index (χ0) is 17.7. The molecule has 2 aliphatic rings. The van der Waals surface area contributed by atoms with E-state index in [2.05, 4.69) is 10.5 Å². The van der Waals surface area contributed by atoms with Gasteiger partial charge < -0.3 is 10.6 Å². The fraction of sp³-hybridized carbons (Fsp3) is 0.118. The number of pyridine rings is 1. The minimum atomic E-state index is -0.429. The number of allylic oxidation sites excluding steroid dienone is 1. The van der Waals surface area contributed by atoms with Gasteiger partial charge in [-0.05, 0) is 43.6 Å².